The van der Waals surface area contributed by atoms with Crippen molar-refractivity contribution in [2.75, 3.05) is 0 Å². The highest BCUT2D eigenvalue weighted by Crippen LogP contribution is 2.31. The Hall–Kier alpha value is -1.58. The first-order valence-corrected chi connectivity index (χ1v) is 5.60. The fourth-order valence-corrected chi connectivity index (χ4v) is 1.62. The molecule has 0 aliphatic carbocycles. The van der Waals surface area contributed by atoms with Gasteiger partial charge in [0.05, 0.1) is 17.3 Å². The number of aliphatic hydroxyl groups excluding tert-OH is 1. The van der Waals surface area contributed by atoms with Gasteiger partial charge >= 0.3 is 0 Å². The first-order valence-electron chi connectivity index (χ1n) is 5.22. The summed E-state index contributed by atoms with van der Waals surface area (Å²) in [6, 6.07) is 8.79. The number of rotatable bonds is 3. The third-order valence-corrected chi connectivity index (χ3v) is 2.60. The molecule has 1 atom stereocenters. The third-order valence-electron chi connectivity index (χ3n) is 2.30. The molecule has 1 heterocycles. The van der Waals surface area contributed by atoms with Crippen LogP contribution in [0, 0.1) is 0 Å². The van der Waals surface area contributed by atoms with Crippen LogP contribution in [0.2, 0.25) is 5.02 Å². The van der Waals surface area contributed by atoms with Crippen LogP contribution in [0.1, 0.15) is 18.6 Å². The molecule has 0 saturated carbocycles. The molecule has 0 aliphatic rings. The zero-order valence-corrected chi connectivity index (χ0v) is 10.1. The van der Waals surface area contributed by atoms with Gasteiger partial charge < -0.3 is 9.84 Å². The van der Waals surface area contributed by atoms with Gasteiger partial charge in [0, 0.05) is 6.20 Å². The summed E-state index contributed by atoms with van der Waals surface area (Å²) in [4.78, 5) is 3.95. The van der Waals surface area contributed by atoms with E-state index in [-0.39, 0.29) is 0 Å². The van der Waals surface area contributed by atoms with Crippen LogP contribution in [0.3, 0.4) is 0 Å². The van der Waals surface area contributed by atoms with Crippen molar-refractivity contribution >= 4 is 11.6 Å². The quantitative estimate of drug-likeness (QED) is 0.904. The number of hydrogen-bond donors (Lipinski definition) is 1. The molecule has 0 radical (unpaired) electrons. The lowest BCUT2D eigenvalue weighted by Gasteiger charge is -2.10. The minimum absolute atomic E-state index is 0.465. The normalized spacial score (nSPS) is 12.2. The SMILES string of the molecule is CC(O)c1ccc(Oc2cccnc2)c(Cl)c1. The average molecular weight is 250 g/mol. The third kappa shape index (κ3) is 2.96. The molecule has 0 spiro atoms. The van der Waals surface area contributed by atoms with E-state index in [1.807, 2.05) is 0 Å². The van der Waals surface area contributed by atoms with E-state index in [2.05, 4.69) is 4.98 Å². The molecule has 1 aromatic heterocycles. The van der Waals surface area contributed by atoms with Crippen molar-refractivity contribution < 1.29 is 9.84 Å². The molecule has 1 N–H and O–H groups in total. The van der Waals surface area contributed by atoms with Gasteiger partial charge in [-0.2, -0.15) is 0 Å². The van der Waals surface area contributed by atoms with Gasteiger partial charge in [0.2, 0.25) is 0 Å². The first kappa shape index (κ1) is 11.9. The summed E-state index contributed by atoms with van der Waals surface area (Å²) in [6.07, 6.45) is 2.74. The summed E-state index contributed by atoms with van der Waals surface area (Å²) < 4.78 is 5.57. The van der Waals surface area contributed by atoms with Crippen molar-refractivity contribution in [1.29, 1.82) is 0 Å². The largest absolute Gasteiger partial charge is 0.454 e. The second-order valence-corrected chi connectivity index (χ2v) is 4.06. The molecular weight excluding hydrogens is 238 g/mol. The maximum absolute atomic E-state index is 9.42. The van der Waals surface area contributed by atoms with Gasteiger partial charge in [-0.05, 0) is 36.8 Å². The predicted octanol–water partition coefficient (Wildman–Crippen LogP) is 3.58. The maximum atomic E-state index is 9.42. The smallest absolute Gasteiger partial charge is 0.146 e. The zero-order valence-electron chi connectivity index (χ0n) is 9.30. The molecule has 17 heavy (non-hydrogen) atoms. The van der Waals surface area contributed by atoms with Crippen molar-refractivity contribution in [2.45, 2.75) is 13.0 Å². The standard InChI is InChI=1S/C13H12ClNO2/c1-9(16)10-4-5-13(12(14)7-10)17-11-3-2-6-15-8-11/h2-9,16H,1H3. The van der Waals surface area contributed by atoms with Crippen molar-refractivity contribution in [3.63, 3.8) is 0 Å². The fourth-order valence-electron chi connectivity index (χ4n) is 1.39. The molecule has 0 fully saturated rings. The highest BCUT2D eigenvalue weighted by atomic mass is 35.5. The average Bonchev–Trinajstić information content (AvgIpc) is 2.33. The second-order valence-electron chi connectivity index (χ2n) is 3.66. The summed E-state index contributed by atoms with van der Waals surface area (Å²) in [5.74, 6) is 1.17. The van der Waals surface area contributed by atoms with Gasteiger partial charge in [-0.15, -0.1) is 0 Å². The number of benzene rings is 1. The van der Waals surface area contributed by atoms with Crippen LogP contribution in [0.15, 0.2) is 42.7 Å². The van der Waals surface area contributed by atoms with Crippen LogP contribution in [0.5, 0.6) is 11.5 Å². The lowest BCUT2D eigenvalue weighted by molar-refractivity contribution is 0.199. The molecule has 88 valence electrons. The minimum atomic E-state index is -0.542. The highest BCUT2D eigenvalue weighted by molar-refractivity contribution is 6.32. The molecule has 4 heteroatoms. The van der Waals surface area contributed by atoms with Crippen molar-refractivity contribution in [2.24, 2.45) is 0 Å². The fraction of sp³-hybridized carbons (Fsp3) is 0.154. The van der Waals surface area contributed by atoms with Gasteiger partial charge in [-0.1, -0.05) is 17.7 Å². The van der Waals surface area contributed by atoms with Gasteiger partial charge in [0.15, 0.2) is 0 Å². The second kappa shape index (κ2) is 5.17. The molecule has 0 bridgehead atoms. The molecule has 2 rings (SSSR count). The van der Waals surface area contributed by atoms with E-state index >= 15 is 0 Å². The number of ether oxygens (including phenoxy) is 1. The Kier molecular flexibility index (Phi) is 3.61. The van der Waals surface area contributed by atoms with Crippen LogP contribution in [-0.4, -0.2) is 10.1 Å². The Balaban J connectivity index is 2.23. The summed E-state index contributed by atoms with van der Waals surface area (Å²) in [7, 11) is 0. The summed E-state index contributed by atoms with van der Waals surface area (Å²) in [5, 5.41) is 9.88. The van der Waals surface area contributed by atoms with Gasteiger partial charge in [0.25, 0.3) is 0 Å². The Morgan fingerprint density at radius 2 is 2.18 bits per heavy atom. The number of halogens is 1. The van der Waals surface area contributed by atoms with Gasteiger partial charge in [-0.3, -0.25) is 4.98 Å². The molecule has 0 aliphatic heterocycles. The van der Waals surface area contributed by atoms with Crippen molar-refractivity contribution in [3.05, 3.63) is 53.3 Å². The van der Waals surface area contributed by atoms with Crippen LogP contribution < -0.4 is 4.74 Å². The van der Waals surface area contributed by atoms with Crippen LogP contribution in [-0.2, 0) is 0 Å². The number of pyridine rings is 1. The van der Waals surface area contributed by atoms with E-state index in [1.165, 1.54) is 0 Å². The Bertz CT molecular complexity index is 500. The summed E-state index contributed by atoms with van der Waals surface area (Å²) >= 11 is 6.07. The molecule has 3 nitrogen and oxygen atoms in total. The van der Waals surface area contributed by atoms with Crippen LogP contribution in [0.25, 0.3) is 0 Å². The molecule has 1 unspecified atom stereocenters. The maximum Gasteiger partial charge on any atom is 0.146 e. The predicted molar refractivity (Wildman–Crippen MR) is 66.4 cm³/mol. The number of aliphatic hydroxyl groups is 1. The number of hydrogen-bond acceptors (Lipinski definition) is 3. The van der Waals surface area contributed by atoms with Crippen molar-refractivity contribution in [3.8, 4) is 11.5 Å². The van der Waals surface area contributed by atoms with E-state index in [1.54, 1.807) is 49.6 Å². The zero-order chi connectivity index (χ0) is 12.3. The van der Waals surface area contributed by atoms with E-state index in [4.69, 9.17) is 16.3 Å². The molecular formula is C13H12ClNO2. The van der Waals surface area contributed by atoms with Crippen LogP contribution in [0.4, 0.5) is 0 Å². The van der Waals surface area contributed by atoms with Gasteiger partial charge in [-0.25, -0.2) is 0 Å². The molecule has 2 aromatic rings. The van der Waals surface area contributed by atoms with E-state index < -0.39 is 6.10 Å². The minimum Gasteiger partial charge on any atom is -0.454 e. The lowest BCUT2D eigenvalue weighted by atomic mass is 10.1. The molecule has 0 saturated heterocycles. The van der Waals surface area contributed by atoms with Gasteiger partial charge in [0.1, 0.15) is 11.5 Å². The van der Waals surface area contributed by atoms with E-state index in [0.29, 0.717) is 16.5 Å². The molecule has 0 amide bonds. The summed E-state index contributed by atoms with van der Waals surface area (Å²) in [6.45, 7) is 1.69. The lowest BCUT2D eigenvalue weighted by Crippen LogP contribution is -1.92. The topological polar surface area (TPSA) is 42.4 Å². The van der Waals surface area contributed by atoms with E-state index in [0.717, 1.165) is 5.56 Å². The highest BCUT2D eigenvalue weighted by Gasteiger charge is 2.07. The number of nitrogens with zero attached hydrogens (tertiary/aromatic N) is 1. The van der Waals surface area contributed by atoms with Crippen LogP contribution >= 0.6 is 11.6 Å². The summed E-state index contributed by atoms with van der Waals surface area (Å²) in [5.41, 5.74) is 0.758. The van der Waals surface area contributed by atoms with E-state index in [9.17, 15) is 5.11 Å². The Morgan fingerprint density at radius 1 is 1.35 bits per heavy atom. The Labute approximate surface area is 105 Å². The monoisotopic (exact) mass is 249 g/mol. The van der Waals surface area contributed by atoms with Crippen molar-refractivity contribution in [1.82, 2.24) is 4.98 Å². The molecule has 1 aromatic carbocycles. The number of aromatic nitrogens is 1. The Morgan fingerprint density at radius 3 is 2.76 bits per heavy atom. The first-order chi connectivity index (χ1) is 8.16.